The SMILES string of the molecule is CC.CC(C)(C)C.Cc1ccsc1C(C)(C)C.[Ar]. The van der Waals surface area contributed by atoms with Crippen LogP contribution < -0.4 is 0 Å². The van der Waals surface area contributed by atoms with E-state index in [0.29, 0.717) is 10.8 Å². The van der Waals surface area contributed by atoms with Gasteiger partial charge in [-0.15, -0.1) is 11.3 Å². The molecule has 0 nitrogen and oxygen atoms in total. The van der Waals surface area contributed by atoms with Crippen molar-refractivity contribution in [3.63, 3.8) is 0 Å². The Labute approximate surface area is 150 Å². The maximum atomic E-state index is 2.26. The Balaban J connectivity index is -0.000000243. The Morgan fingerprint density at radius 1 is 0.889 bits per heavy atom. The van der Waals surface area contributed by atoms with Gasteiger partial charge < -0.3 is 0 Å². The number of hydrogen-bond donors (Lipinski definition) is 0. The Morgan fingerprint density at radius 2 is 1.22 bits per heavy atom. The van der Waals surface area contributed by atoms with Crippen molar-refractivity contribution in [1.29, 1.82) is 0 Å². The number of hydrogen-bond acceptors (Lipinski definition) is 1. The molecular formula is C16H32ArS. The van der Waals surface area contributed by atoms with Gasteiger partial charge >= 0.3 is 0 Å². The standard InChI is InChI=1S/C9H14S.C5H12.C2H6.Ar/c1-7-5-6-10-8(7)9(2,3)4;1-5(2,3)4;1-2;/h5-6H,1-4H3;1-4H3;1-2H3;. The molecule has 0 saturated heterocycles. The molecule has 18 heavy (non-hydrogen) atoms. The second kappa shape index (κ2) is 10.7. The van der Waals surface area contributed by atoms with Crippen LogP contribution in [0.3, 0.4) is 0 Å². The minimum atomic E-state index is 0. The van der Waals surface area contributed by atoms with Crippen molar-refractivity contribution in [3.05, 3.63) is 21.9 Å². The fourth-order valence-electron chi connectivity index (χ4n) is 1.14. The van der Waals surface area contributed by atoms with Crippen LogP contribution in [0.25, 0.3) is 0 Å². The molecule has 0 spiro atoms. The predicted molar refractivity (Wildman–Crippen MR) is 84.2 cm³/mol. The molecule has 0 aromatic carbocycles. The van der Waals surface area contributed by atoms with Gasteiger partial charge in [-0.2, -0.15) is 0 Å². The van der Waals surface area contributed by atoms with Crippen LogP contribution in [0.2, 0.25) is 0 Å². The average Bonchev–Trinajstić information content (AvgIpc) is 2.51. The first-order valence-corrected chi connectivity index (χ1v) is 7.44. The van der Waals surface area contributed by atoms with Crippen LogP contribution >= 0.6 is 11.3 Å². The summed E-state index contributed by atoms with van der Waals surface area (Å²) in [6, 6.07) is 2.19. The molecule has 1 aromatic heterocycles. The van der Waals surface area contributed by atoms with Crippen molar-refractivity contribution in [3.8, 4) is 0 Å². The van der Waals surface area contributed by atoms with Gasteiger partial charge in [0.05, 0.1) is 0 Å². The van der Waals surface area contributed by atoms with Crippen molar-refractivity contribution in [2.75, 3.05) is 0 Å². The summed E-state index contributed by atoms with van der Waals surface area (Å²) in [6.07, 6.45) is 0. The molecule has 0 radical (unpaired) electrons. The summed E-state index contributed by atoms with van der Waals surface area (Å²) in [5.74, 6) is 0. The Bertz CT molecular complexity index is 281. The van der Waals surface area contributed by atoms with E-state index in [2.05, 4.69) is 66.8 Å². The van der Waals surface area contributed by atoms with E-state index in [1.54, 1.807) is 0 Å². The fraction of sp³-hybridized carbons (Fsp3) is 0.750. The molecule has 0 aliphatic rings. The number of rotatable bonds is 0. The van der Waals surface area contributed by atoms with Gasteiger partial charge in [0.15, 0.2) is 0 Å². The van der Waals surface area contributed by atoms with Gasteiger partial charge in [-0.05, 0) is 34.8 Å². The van der Waals surface area contributed by atoms with Gasteiger partial charge in [0, 0.05) is 42.6 Å². The first-order chi connectivity index (χ1) is 7.52. The van der Waals surface area contributed by atoms with Crippen molar-refractivity contribution in [2.24, 2.45) is 5.41 Å². The van der Waals surface area contributed by atoms with Gasteiger partial charge in [-0.1, -0.05) is 62.3 Å². The van der Waals surface area contributed by atoms with Crippen LogP contribution in [0.5, 0.6) is 0 Å². The van der Waals surface area contributed by atoms with Crippen molar-refractivity contribution in [2.45, 2.75) is 74.7 Å². The molecule has 1 aromatic rings. The minimum Gasteiger partial charge on any atom is -0.148 e. The maximum absolute atomic E-state index is 2.26. The molecule has 0 saturated carbocycles. The van der Waals surface area contributed by atoms with Crippen LogP contribution in [-0.4, -0.2) is 0 Å². The average molecular weight is 296 g/mol. The zero-order valence-corrected chi connectivity index (χ0v) is 15.4. The Hall–Kier alpha value is 0.960. The van der Waals surface area contributed by atoms with Crippen LogP contribution in [0, 0.1) is 50.1 Å². The molecule has 110 valence electrons. The molecule has 0 atom stereocenters. The third-order valence-electron chi connectivity index (χ3n) is 1.54. The summed E-state index contributed by atoms with van der Waals surface area (Å²) in [7, 11) is 0. The Morgan fingerprint density at radius 3 is 1.33 bits per heavy atom. The summed E-state index contributed by atoms with van der Waals surface area (Å²) in [4.78, 5) is 1.51. The summed E-state index contributed by atoms with van der Waals surface area (Å²) in [5, 5.41) is 2.16. The summed E-state index contributed by atoms with van der Waals surface area (Å²) < 4.78 is 0. The molecule has 0 fully saturated rings. The van der Waals surface area contributed by atoms with Gasteiger partial charge in [-0.3, -0.25) is 0 Å². The van der Waals surface area contributed by atoms with Crippen LogP contribution in [0.1, 0.15) is 72.8 Å². The molecule has 0 N–H and O–H groups in total. The topological polar surface area (TPSA) is 0 Å². The van der Waals surface area contributed by atoms with Crippen LogP contribution in [0.4, 0.5) is 0 Å². The largest absolute Gasteiger partial charge is 0.148 e. The number of aryl methyl sites for hydroxylation is 1. The zero-order valence-electron chi connectivity index (χ0n) is 13.9. The minimum absolute atomic E-state index is 0. The molecule has 0 unspecified atom stereocenters. The maximum Gasteiger partial charge on any atom is 0.0128 e. The van der Waals surface area contributed by atoms with E-state index in [1.807, 2.05) is 25.2 Å². The summed E-state index contributed by atoms with van der Waals surface area (Å²) in [6.45, 7) is 21.7. The van der Waals surface area contributed by atoms with Gasteiger partial charge in [0.2, 0.25) is 0 Å². The van der Waals surface area contributed by atoms with Crippen molar-refractivity contribution >= 4 is 11.3 Å². The molecule has 0 bridgehead atoms. The first kappa shape index (κ1) is 24.0. The van der Waals surface area contributed by atoms with E-state index in [0.717, 1.165) is 0 Å². The molecule has 0 aliphatic carbocycles. The van der Waals surface area contributed by atoms with E-state index in [-0.39, 0.29) is 37.7 Å². The third kappa shape index (κ3) is 15.0. The van der Waals surface area contributed by atoms with Crippen LogP contribution in [0.15, 0.2) is 11.4 Å². The van der Waals surface area contributed by atoms with Gasteiger partial charge in [0.25, 0.3) is 0 Å². The fourth-order valence-corrected chi connectivity index (χ4v) is 2.16. The third-order valence-corrected chi connectivity index (χ3v) is 2.99. The molecule has 1 heterocycles. The predicted octanol–water partition coefficient (Wildman–Crippen LogP) is 6.43. The monoisotopic (exact) mass is 296 g/mol. The van der Waals surface area contributed by atoms with Gasteiger partial charge in [-0.25, -0.2) is 0 Å². The Kier molecular flexibility index (Phi) is 14.3. The van der Waals surface area contributed by atoms with Crippen molar-refractivity contribution in [1.82, 2.24) is 0 Å². The van der Waals surface area contributed by atoms with Gasteiger partial charge in [0.1, 0.15) is 0 Å². The van der Waals surface area contributed by atoms with Crippen LogP contribution in [-0.2, 0) is 5.41 Å². The molecule has 0 aliphatic heterocycles. The molecule has 2 heteroatoms. The summed E-state index contributed by atoms with van der Waals surface area (Å²) >= 11 is 1.86. The summed E-state index contributed by atoms with van der Waals surface area (Å²) in [5.41, 5.74) is 2.26. The van der Waals surface area contributed by atoms with E-state index < -0.39 is 0 Å². The van der Waals surface area contributed by atoms with E-state index in [9.17, 15) is 0 Å². The normalized spacial score (nSPS) is 10.3. The van der Waals surface area contributed by atoms with Crippen molar-refractivity contribution < 1.29 is 37.7 Å². The quantitative estimate of drug-likeness (QED) is 0.517. The molecular weight excluding hydrogens is 264 g/mol. The van der Waals surface area contributed by atoms with E-state index in [1.165, 1.54) is 10.4 Å². The zero-order chi connectivity index (χ0) is 14.3. The molecule has 0 amide bonds. The van der Waals surface area contributed by atoms with E-state index >= 15 is 0 Å². The number of thiophene rings is 1. The second-order valence-corrected chi connectivity index (χ2v) is 7.60. The first-order valence-electron chi connectivity index (χ1n) is 6.56. The second-order valence-electron chi connectivity index (χ2n) is 6.68. The van der Waals surface area contributed by atoms with E-state index in [4.69, 9.17) is 0 Å². The molecule has 1 rings (SSSR count). The smallest absolute Gasteiger partial charge is 0.0128 e.